The van der Waals surface area contributed by atoms with E-state index in [9.17, 15) is 0 Å². The van der Waals surface area contributed by atoms with Crippen molar-refractivity contribution in [1.82, 2.24) is 0 Å². The molecule has 4 aromatic carbocycles. The summed E-state index contributed by atoms with van der Waals surface area (Å²) in [6.45, 7) is 3.29. The maximum absolute atomic E-state index is 4.95. The van der Waals surface area contributed by atoms with Crippen LogP contribution in [0.4, 0.5) is 0 Å². The van der Waals surface area contributed by atoms with Gasteiger partial charge in [0.25, 0.3) is 0 Å². The summed E-state index contributed by atoms with van der Waals surface area (Å²) in [5, 5.41) is 19.8. The topological polar surface area (TPSA) is 56.4 Å². The van der Waals surface area contributed by atoms with Gasteiger partial charge in [-0.15, -0.1) is 26.2 Å². The summed E-state index contributed by atoms with van der Waals surface area (Å²) < 4.78 is 0. The first-order valence-corrected chi connectivity index (χ1v) is 21.8. The average Bonchev–Trinajstić information content (AvgIpc) is 3.14. The molecule has 2 aliphatic rings. The van der Waals surface area contributed by atoms with Crippen molar-refractivity contribution in [1.29, 1.82) is 0 Å². The van der Waals surface area contributed by atoms with Gasteiger partial charge in [0.05, 0.1) is 0 Å². The van der Waals surface area contributed by atoms with Crippen molar-refractivity contribution in [2.24, 2.45) is 0 Å². The van der Waals surface area contributed by atoms with E-state index in [2.05, 4.69) is 150 Å². The van der Waals surface area contributed by atoms with Gasteiger partial charge in [-0.05, 0) is 0 Å². The second-order valence-corrected chi connectivity index (χ2v) is 17.2. The molecule has 0 radical (unpaired) electrons. The molecular formula is C40H48Br2N4Ni-4. The number of halogens is 2. The molecule has 0 amide bonds. The molecular weight excluding hydrogens is 755 g/mol. The van der Waals surface area contributed by atoms with E-state index in [0.29, 0.717) is 24.2 Å². The van der Waals surface area contributed by atoms with Crippen LogP contribution in [0.1, 0.15) is 73.6 Å². The first kappa shape index (κ1) is 38.0. The molecule has 7 heteroatoms. The van der Waals surface area contributed by atoms with E-state index in [1.807, 2.05) is 0 Å². The third-order valence-corrected chi connectivity index (χ3v) is 8.79. The van der Waals surface area contributed by atoms with Crippen molar-refractivity contribution >= 4 is 28.5 Å². The van der Waals surface area contributed by atoms with Crippen LogP contribution in [0.2, 0.25) is 0 Å². The second-order valence-electron chi connectivity index (χ2n) is 12.2. The molecule has 2 saturated carbocycles. The fourth-order valence-electron chi connectivity index (χ4n) is 6.26. The Balaban J connectivity index is 0.000000197. The molecule has 6 rings (SSSR count). The minimum Gasteiger partial charge on any atom is -0.657 e. The average molecular weight is 803 g/mol. The number of rotatable bonds is 12. The molecule has 0 heterocycles. The van der Waals surface area contributed by atoms with Crippen LogP contribution in [0.5, 0.6) is 0 Å². The van der Waals surface area contributed by atoms with Crippen molar-refractivity contribution in [3.63, 3.8) is 0 Å². The van der Waals surface area contributed by atoms with Crippen LogP contribution in [-0.4, -0.2) is 24.2 Å². The molecule has 0 spiro atoms. The Morgan fingerprint density at radius 2 is 0.574 bits per heavy atom. The maximum Gasteiger partial charge on any atom is -0.0548 e. The summed E-state index contributed by atoms with van der Waals surface area (Å²) >= 11 is 6.00. The van der Waals surface area contributed by atoms with Gasteiger partial charge < -0.3 is 21.3 Å². The van der Waals surface area contributed by atoms with Gasteiger partial charge in [-0.25, -0.2) is 0 Å². The zero-order valence-electron chi connectivity index (χ0n) is 27.2. The van der Waals surface area contributed by atoms with E-state index >= 15 is 0 Å². The molecule has 0 N–H and O–H groups in total. The van der Waals surface area contributed by atoms with Gasteiger partial charge >= 0.3 is 39.3 Å². The molecule has 0 bridgehead atoms. The molecule has 2 aliphatic carbocycles. The number of hydrogen-bond donors (Lipinski definition) is 0. The van der Waals surface area contributed by atoms with Crippen molar-refractivity contribution < 1.29 is 10.9 Å². The number of benzene rings is 4. The van der Waals surface area contributed by atoms with Gasteiger partial charge in [0.1, 0.15) is 0 Å². The summed E-state index contributed by atoms with van der Waals surface area (Å²) in [6, 6.07) is 43.8. The van der Waals surface area contributed by atoms with Crippen molar-refractivity contribution in [3.8, 4) is 0 Å². The molecule has 4 atom stereocenters. The number of nitrogens with zero attached hydrogens (tertiary/aromatic N) is 4. The van der Waals surface area contributed by atoms with E-state index in [0.717, 1.165) is 26.2 Å². The van der Waals surface area contributed by atoms with Crippen molar-refractivity contribution in [2.75, 3.05) is 0 Å². The Hall–Kier alpha value is -1.83. The third kappa shape index (κ3) is 15.1. The summed E-state index contributed by atoms with van der Waals surface area (Å²) in [6.07, 6.45) is 9.93. The predicted molar refractivity (Wildman–Crippen MR) is 204 cm³/mol. The van der Waals surface area contributed by atoms with Gasteiger partial charge in [0, 0.05) is 0 Å². The molecule has 4 nitrogen and oxygen atoms in total. The fourth-order valence-corrected chi connectivity index (χ4v) is 6.26. The summed E-state index contributed by atoms with van der Waals surface area (Å²) in [5.41, 5.74) is 5.20. The van der Waals surface area contributed by atoms with Crippen LogP contribution < -0.4 is 0 Å². The SMILES string of the molecule is [Br][Ni][Br].c1ccc(C[N-]C2CCCCC2[N-]Cc2ccccc2)cc1.c1ccc(C[N-]C2CCCCC2[N-]Cc2ccccc2)cc1. The Labute approximate surface area is 304 Å². The fraction of sp³-hybridized carbons (Fsp3) is 0.400. The minimum absolute atomic E-state index is 0.401. The van der Waals surface area contributed by atoms with E-state index < -0.39 is 0 Å². The van der Waals surface area contributed by atoms with E-state index in [4.69, 9.17) is 21.3 Å². The van der Waals surface area contributed by atoms with E-state index in [1.54, 1.807) is 0 Å². The Morgan fingerprint density at radius 3 is 0.766 bits per heavy atom. The second kappa shape index (κ2) is 23.5. The molecule has 2 fully saturated rings. The Morgan fingerprint density at radius 1 is 0.383 bits per heavy atom. The van der Waals surface area contributed by atoms with Crippen LogP contribution in [0.15, 0.2) is 121 Å². The van der Waals surface area contributed by atoms with Gasteiger partial charge in [0.2, 0.25) is 0 Å². The van der Waals surface area contributed by atoms with Crippen LogP contribution in [0.25, 0.3) is 21.3 Å². The van der Waals surface area contributed by atoms with Crippen LogP contribution >= 0.6 is 28.5 Å². The monoisotopic (exact) mass is 800 g/mol. The van der Waals surface area contributed by atoms with Gasteiger partial charge in [-0.1, -0.05) is 195 Å². The van der Waals surface area contributed by atoms with E-state index in [1.165, 1.54) is 84.5 Å². The van der Waals surface area contributed by atoms with Crippen LogP contribution in [0, 0.1) is 0 Å². The quantitative estimate of drug-likeness (QED) is 0.128. The molecule has 0 aliphatic heterocycles. The molecule has 4 aromatic rings. The first-order valence-electron chi connectivity index (χ1n) is 16.9. The molecule has 0 aromatic heterocycles. The molecule has 256 valence electrons. The van der Waals surface area contributed by atoms with Gasteiger partial charge in [0.15, 0.2) is 0 Å². The standard InChI is InChI=1S/2C20H24N2.2BrH.Ni/c2*1-3-9-17(10-4-1)15-21-19-13-7-8-14-20(19)22-16-18-11-5-2-6-12-18;;;/h2*1-6,9-12,19-20H,7-8,13-16H2;2*1H;/q2*-2;;;+2/p-2. The largest absolute Gasteiger partial charge is 0.657 e. The summed E-state index contributed by atoms with van der Waals surface area (Å²) in [4.78, 5) is 0. The van der Waals surface area contributed by atoms with E-state index in [-0.39, 0.29) is 0 Å². The Kier molecular flexibility index (Phi) is 19.0. The zero-order valence-corrected chi connectivity index (χ0v) is 31.4. The van der Waals surface area contributed by atoms with Crippen molar-refractivity contribution in [2.45, 2.75) is 102 Å². The summed E-state index contributed by atoms with van der Waals surface area (Å²) in [5.74, 6) is 0. The zero-order chi connectivity index (χ0) is 32.8. The Bertz CT molecular complexity index is 1110. The third-order valence-electron chi connectivity index (χ3n) is 8.79. The van der Waals surface area contributed by atoms with Gasteiger partial charge in [-0.2, -0.15) is 24.2 Å². The predicted octanol–water partition coefficient (Wildman–Crippen LogP) is 12.6. The smallest absolute Gasteiger partial charge is 0.0548 e. The maximum atomic E-state index is 4.95. The summed E-state index contributed by atoms with van der Waals surface area (Å²) in [7, 11) is 1.25. The first-order chi connectivity index (χ1) is 23.2. The van der Waals surface area contributed by atoms with Crippen molar-refractivity contribution in [3.05, 3.63) is 165 Å². The normalized spacial score (nSPS) is 20.7. The molecule has 47 heavy (non-hydrogen) atoms. The number of hydrogen-bond acceptors (Lipinski definition) is 0. The van der Waals surface area contributed by atoms with Crippen LogP contribution in [0.3, 0.4) is 0 Å². The molecule has 0 saturated heterocycles. The van der Waals surface area contributed by atoms with Gasteiger partial charge in [-0.3, -0.25) is 0 Å². The van der Waals surface area contributed by atoms with Crippen LogP contribution in [-0.2, 0) is 37.1 Å². The minimum atomic E-state index is 0.401. The molecule has 4 unspecified atom stereocenters.